The van der Waals surface area contributed by atoms with Crippen LogP contribution in [0.3, 0.4) is 0 Å². The number of halogens is 1. The second-order valence-corrected chi connectivity index (χ2v) is 5.80. The van der Waals surface area contributed by atoms with Crippen LogP contribution < -0.4 is 5.32 Å². The molecule has 1 amide bonds. The lowest BCUT2D eigenvalue weighted by atomic mass is 10.3. The lowest BCUT2D eigenvalue weighted by molar-refractivity contribution is -0.142. The Bertz CT molecular complexity index is 998. The third kappa shape index (κ3) is 5.10. The minimum Gasteiger partial charge on any atom is -0.452 e. The highest BCUT2D eigenvalue weighted by Gasteiger charge is 2.12. The number of carbonyl (C=O) groups excluding carboxylic acids is 2. The molecule has 0 saturated heterocycles. The topological polar surface area (TPSA) is 86.1 Å². The summed E-state index contributed by atoms with van der Waals surface area (Å²) < 4.78 is 19.5. The second-order valence-electron chi connectivity index (χ2n) is 5.80. The number of aryl methyl sites for hydroxylation is 1. The number of ether oxygens (including phenoxy) is 1. The molecule has 3 rings (SSSR count). The van der Waals surface area contributed by atoms with E-state index in [-0.39, 0.29) is 5.82 Å². The van der Waals surface area contributed by atoms with Crippen LogP contribution in [0.1, 0.15) is 11.4 Å². The van der Waals surface area contributed by atoms with Gasteiger partial charge in [-0.25, -0.2) is 13.9 Å². The fourth-order valence-electron chi connectivity index (χ4n) is 2.36. The number of carbonyl (C=O) groups is 2. The van der Waals surface area contributed by atoms with Crippen LogP contribution in [0.5, 0.6) is 0 Å². The van der Waals surface area contributed by atoms with Crippen LogP contribution in [-0.4, -0.2) is 33.2 Å². The Balaban J connectivity index is 1.59. The minimum absolute atomic E-state index is 0.371. The smallest absolute Gasteiger partial charge is 0.331 e. The van der Waals surface area contributed by atoms with Gasteiger partial charge >= 0.3 is 5.97 Å². The SMILES string of the molecule is Cc1cc(NC(=O)COC(=O)/C=C/c2ccccn2)n(-c2ccc(F)cc2)n1. The number of anilines is 1. The summed E-state index contributed by atoms with van der Waals surface area (Å²) in [6.07, 6.45) is 4.29. The summed E-state index contributed by atoms with van der Waals surface area (Å²) in [5.41, 5.74) is 1.84. The molecular weight excluding hydrogens is 363 g/mol. The number of aromatic nitrogens is 3. The van der Waals surface area contributed by atoms with Crippen molar-refractivity contribution in [1.29, 1.82) is 0 Å². The number of esters is 1. The number of nitrogens with zero attached hydrogens (tertiary/aromatic N) is 3. The highest BCUT2D eigenvalue weighted by Crippen LogP contribution is 2.17. The highest BCUT2D eigenvalue weighted by molar-refractivity contribution is 5.94. The quantitative estimate of drug-likeness (QED) is 0.525. The number of hydrogen-bond donors (Lipinski definition) is 1. The van der Waals surface area contributed by atoms with Crippen LogP contribution in [0, 0.1) is 12.7 Å². The molecule has 28 heavy (non-hydrogen) atoms. The third-order valence-electron chi connectivity index (χ3n) is 3.59. The summed E-state index contributed by atoms with van der Waals surface area (Å²) >= 11 is 0. The molecule has 7 nitrogen and oxygen atoms in total. The van der Waals surface area contributed by atoms with E-state index >= 15 is 0 Å². The third-order valence-corrected chi connectivity index (χ3v) is 3.59. The zero-order valence-electron chi connectivity index (χ0n) is 15.0. The van der Waals surface area contributed by atoms with Gasteiger partial charge < -0.3 is 10.1 Å². The maximum absolute atomic E-state index is 13.1. The van der Waals surface area contributed by atoms with Crippen molar-refractivity contribution in [1.82, 2.24) is 14.8 Å². The van der Waals surface area contributed by atoms with Crippen LogP contribution in [0.4, 0.5) is 10.2 Å². The molecule has 0 radical (unpaired) electrons. The fourth-order valence-corrected chi connectivity index (χ4v) is 2.36. The predicted octanol–water partition coefficient (Wildman–Crippen LogP) is 2.91. The van der Waals surface area contributed by atoms with E-state index in [0.29, 0.717) is 22.9 Å². The number of nitrogens with one attached hydrogen (secondary N) is 1. The average molecular weight is 380 g/mol. The summed E-state index contributed by atoms with van der Waals surface area (Å²) in [5.74, 6) is -1.18. The van der Waals surface area contributed by atoms with E-state index in [9.17, 15) is 14.0 Å². The summed E-state index contributed by atoms with van der Waals surface area (Å²) in [6.45, 7) is 1.30. The van der Waals surface area contributed by atoms with Crippen molar-refractivity contribution >= 4 is 23.8 Å². The molecule has 0 aliphatic rings. The van der Waals surface area contributed by atoms with Crippen molar-refractivity contribution < 1.29 is 18.7 Å². The van der Waals surface area contributed by atoms with E-state index in [1.54, 1.807) is 49.5 Å². The van der Waals surface area contributed by atoms with Crippen molar-refractivity contribution in [3.63, 3.8) is 0 Å². The van der Waals surface area contributed by atoms with Crippen molar-refractivity contribution in [3.05, 3.63) is 78.0 Å². The molecule has 2 aromatic heterocycles. The van der Waals surface area contributed by atoms with Crippen LogP contribution in [0.15, 0.2) is 60.8 Å². The van der Waals surface area contributed by atoms with E-state index in [2.05, 4.69) is 15.4 Å². The number of benzene rings is 1. The van der Waals surface area contributed by atoms with Gasteiger partial charge in [-0.05, 0) is 49.4 Å². The molecule has 2 heterocycles. The van der Waals surface area contributed by atoms with Gasteiger partial charge in [0.25, 0.3) is 5.91 Å². The van der Waals surface area contributed by atoms with Crippen molar-refractivity contribution in [2.45, 2.75) is 6.92 Å². The van der Waals surface area contributed by atoms with Crippen LogP contribution in [0.2, 0.25) is 0 Å². The van der Waals surface area contributed by atoms with Crippen LogP contribution in [0.25, 0.3) is 11.8 Å². The molecule has 0 unspecified atom stereocenters. The predicted molar refractivity (Wildman–Crippen MR) is 101 cm³/mol. The first kappa shape index (κ1) is 19.0. The van der Waals surface area contributed by atoms with Gasteiger partial charge in [0.1, 0.15) is 11.6 Å². The Kier molecular flexibility index (Phi) is 5.91. The highest BCUT2D eigenvalue weighted by atomic mass is 19.1. The zero-order valence-corrected chi connectivity index (χ0v) is 15.0. The van der Waals surface area contributed by atoms with Gasteiger partial charge in [-0.15, -0.1) is 0 Å². The Morgan fingerprint density at radius 2 is 2.00 bits per heavy atom. The van der Waals surface area contributed by atoms with Gasteiger partial charge in [0.05, 0.1) is 17.1 Å². The van der Waals surface area contributed by atoms with E-state index in [4.69, 9.17) is 4.74 Å². The fraction of sp³-hybridized carbons (Fsp3) is 0.100. The standard InChI is InChI=1S/C20H17FN4O3/c1-14-12-18(25(24-14)17-8-5-15(21)6-9-17)23-19(26)13-28-20(27)10-7-16-4-2-3-11-22-16/h2-12H,13H2,1H3,(H,23,26)/b10-7+. The molecular formula is C20H17FN4O3. The van der Waals surface area contributed by atoms with E-state index in [1.807, 2.05) is 0 Å². The Morgan fingerprint density at radius 3 is 2.71 bits per heavy atom. The van der Waals surface area contributed by atoms with E-state index in [1.165, 1.54) is 29.0 Å². The molecule has 3 aromatic rings. The van der Waals surface area contributed by atoms with Gasteiger partial charge in [0, 0.05) is 18.3 Å². The number of rotatable bonds is 6. The normalized spacial score (nSPS) is 10.8. The maximum Gasteiger partial charge on any atom is 0.331 e. The maximum atomic E-state index is 13.1. The van der Waals surface area contributed by atoms with Gasteiger partial charge in [-0.2, -0.15) is 5.10 Å². The molecule has 0 bridgehead atoms. The lowest BCUT2D eigenvalue weighted by Crippen LogP contribution is -2.21. The molecule has 1 N–H and O–H groups in total. The van der Waals surface area contributed by atoms with Crippen LogP contribution in [-0.2, 0) is 14.3 Å². The molecule has 8 heteroatoms. The number of amides is 1. The molecule has 142 valence electrons. The second kappa shape index (κ2) is 8.72. The molecule has 0 atom stereocenters. The minimum atomic E-state index is -0.663. The Hall–Kier alpha value is -3.81. The molecule has 1 aromatic carbocycles. The van der Waals surface area contributed by atoms with Crippen LogP contribution >= 0.6 is 0 Å². The first-order valence-corrected chi connectivity index (χ1v) is 8.39. The van der Waals surface area contributed by atoms with Crippen molar-refractivity contribution in [2.75, 3.05) is 11.9 Å². The first-order valence-electron chi connectivity index (χ1n) is 8.39. The number of pyridine rings is 1. The largest absolute Gasteiger partial charge is 0.452 e. The Morgan fingerprint density at radius 1 is 1.21 bits per heavy atom. The number of hydrogen-bond acceptors (Lipinski definition) is 5. The van der Waals surface area contributed by atoms with E-state index < -0.39 is 18.5 Å². The summed E-state index contributed by atoms with van der Waals surface area (Å²) in [7, 11) is 0. The average Bonchev–Trinajstić information content (AvgIpc) is 3.06. The van der Waals surface area contributed by atoms with Crippen molar-refractivity contribution in [2.24, 2.45) is 0 Å². The Labute approximate surface area is 160 Å². The van der Waals surface area contributed by atoms with Gasteiger partial charge in [0.2, 0.25) is 0 Å². The summed E-state index contributed by atoms with van der Waals surface area (Å²) in [6, 6.07) is 12.6. The van der Waals surface area contributed by atoms with Gasteiger partial charge in [0.15, 0.2) is 6.61 Å². The summed E-state index contributed by atoms with van der Waals surface area (Å²) in [5, 5.41) is 6.90. The molecule has 0 saturated carbocycles. The molecule has 0 fully saturated rings. The zero-order chi connectivity index (χ0) is 19.9. The van der Waals surface area contributed by atoms with Gasteiger partial charge in [-0.3, -0.25) is 9.78 Å². The van der Waals surface area contributed by atoms with Gasteiger partial charge in [-0.1, -0.05) is 6.07 Å². The summed E-state index contributed by atoms with van der Waals surface area (Å²) in [4.78, 5) is 27.9. The monoisotopic (exact) mass is 380 g/mol. The van der Waals surface area contributed by atoms with E-state index in [0.717, 1.165) is 0 Å². The molecule has 0 spiro atoms. The van der Waals surface area contributed by atoms with Crippen molar-refractivity contribution in [3.8, 4) is 5.69 Å². The molecule has 0 aliphatic carbocycles. The first-order chi connectivity index (χ1) is 13.5. The lowest BCUT2D eigenvalue weighted by Gasteiger charge is -2.09. The molecule has 0 aliphatic heterocycles.